The lowest BCUT2D eigenvalue weighted by atomic mass is 9.69. The molecule has 1 saturated heterocycles. The van der Waals surface area contributed by atoms with Crippen molar-refractivity contribution >= 4 is 23.7 Å². The van der Waals surface area contributed by atoms with Gasteiger partial charge in [-0.2, -0.15) is 0 Å². The van der Waals surface area contributed by atoms with E-state index in [1.165, 1.54) is 7.11 Å². The number of carbonyl (C=O) groups excluding carboxylic acids is 4. The van der Waals surface area contributed by atoms with Crippen LogP contribution in [0.5, 0.6) is 0 Å². The smallest absolute Gasteiger partial charge is 0.351 e. The van der Waals surface area contributed by atoms with Crippen LogP contribution < -0.4 is 0 Å². The van der Waals surface area contributed by atoms with Gasteiger partial charge in [0.2, 0.25) is 0 Å². The first-order valence-electron chi connectivity index (χ1n) is 8.71. The second-order valence-electron chi connectivity index (χ2n) is 6.70. The lowest BCUT2D eigenvalue weighted by Crippen LogP contribution is -2.60. The highest BCUT2D eigenvalue weighted by molar-refractivity contribution is 6.22. The maximum atomic E-state index is 13.0. The Labute approximate surface area is 150 Å². The van der Waals surface area contributed by atoms with Gasteiger partial charge in [-0.15, -0.1) is 0 Å². The second kappa shape index (κ2) is 6.50. The van der Waals surface area contributed by atoms with Crippen LogP contribution in [0.1, 0.15) is 39.0 Å². The molecule has 3 atom stereocenters. The van der Waals surface area contributed by atoms with Gasteiger partial charge in [-0.1, -0.05) is 12.8 Å². The van der Waals surface area contributed by atoms with Gasteiger partial charge in [-0.3, -0.25) is 4.79 Å². The van der Waals surface area contributed by atoms with Crippen molar-refractivity contribution in [3.8, 4) is 0 Å². The summed E-state index contributed by atoms with van der Waals surface area (Å²) >= 11 is 0. The highest BCUT2D eigenvalue weighted by Crippen LogP contribution is 2.58. The minimum Gasteiger partial charge on any atom is -0.466 e. The topological polar surface area (TPSA) is 105 Å². The summed E-state index contributed by atoms with van der Waals surface area (Å²) in [6.07, 6.45) is 2.70. The van der Waals surface area contributed by atoms with E-state index in [0.717, 1.165) is 20.0 Å². The molecule has 0 aromatic heterocycles. The second-order valence-corrected chi connectivity index (χ2v) is 6.70. The number of methoxy groups -OCH3 is 2. The molecular formula is C18H22O8. The lowest BCUT2D eigenvalue weighted by molar-refractivity contribution is -0.204. The molecule has 0 unspecified atom stereocenters. The monoisotopic (exact) mass is 366 g/mol. The van der Waals surface area contributed by atoms with Gasteiger partial charge in [-0.25, -0.2) is 14.4 Å². The SMILES string of the molecule is CCOC(=O)[C@]12O[C@@]3(CCCC[C@H]3CC1=O)C(C(=O)OC)=C2C(=O)OC. The summed E-state index contributed by atoms with van der Waals surface area (Å²) in [6, 6.07) is 0. The van der Waals surface area contributed by atoms with Crippen LogP contribution in [-0.4, -0.2) is 55.7 Å². The summed E-state index contributed by atoms with van der Waals surface area (Å²) in [5.74, 6) is -3.64. The predicted octanol–water partition coefficient (Wildman–Crippen LogP) is 0.863. The van der Waals surface area contributed by atoms with Crippen molar-refractivity contribution < 1.29 is 38.1 Å². The fourth-order valence-corrected chi connectivity index (χ4v) is 4.49. The Morgan fingerprint density at radius 1 is 1.12 bits per heavy atom. The third kappa shape index (κ3) is 2.24. The van der Waals surface area contributed by atoms with Crippen LogP contribution in [0.25, 0.3) is 0 Å². The minimum absolute atomic E-state index is 0.00430. The number of hydrogen-bond donors (Lipinski definition) is 0. The Balaban J connectivity index is 2.32. The van der Waals surface area contributed by atoms with Crippen molar-refractivity contribution in [1.29, 1.82) is 0 Å². The Bertz CT molecular complexity index is 708. The molecule has 1 saturated carbocycles. The molecule has 0 radical (unpaired) electrons. The number of esters is 3. The third-order valence-corrected chi connectivity index (χ3v) is 5.54. The van der Waals surface area contributed by atoms with E-state index >= 15 is 0 Å². The summed E-state index contributed by atoms with van der Waals surface area (Å²) < 4.78 is 20.8. The molecule has 0 aromatic carbocycles. The number of hydrogen-bond acceptors (Lipinski definition) is 8. The average Bonchev–Trinajstić information content (AvgIpc) is 2.90. The zero-order valence-corrected chi connectivity index (χ0v) is 15.1. The molecule has 8 nitrogen and oxygen atoms in total. The van der Waals surface area contributed by atoms with Crippen molar-refractivity contribution in [1.82, 2.24) is 0 Å². The fraction of sp³-hybridized carbons (Fsp3) is 0.667. The molecule has 26 heavy (non-hydrogen) atoms. The third-order valence-electron chi connectivity index (χ3n) is 5.54. The lowest BCUT2D eigenvalue weighted by Gasteiger charge is -2.47. The Hall–Kier alpha value is -2.22. The van der Waals surface area contributed by atoms with Crippen molar-refractivity contribution in [2.24, 2.45) is 5.92 Å². The van der Waals surface area contributed by atoms with Gasteiger partial charge in [0, 0.05) is 6.42 Å². The number of fused-ring (bicyclic) bond motifs is 1. The minimum atomic E-state index is -2.26. The zero-order chi connectivity index (χ0) is 19.1. The molecule has 2 aliphatic heterocycles. The van der Waals surface area contributed by atoms with Gasteiger partial charge in [-0.05, 0) is 25.7 Å². The molecule has 0 aromatic rings. The van der Waals surface area contributed by atoms with Crippen LogP contribution in [-0.2, 0) is 38.1 Å². The molecule has 142 valence electrons. The van der Waals surface area contributed by atoms with E-state index in [-0.39, 0.29) is 30.1 Å². The van der Waals surface area contributed by atoms with Gasteiger partial charge >= 0.3 is 17.9 Å². The van der Waals surface area contributed by atoms with Gasteiger partial charge in [0.05, 0.1) is 26.4 Å². The molecular weight excluding hydrogens is 344 g/mol. The van der Waals surface area contributed by atoms with Crippen LogP contribution >= 0.6 is 0 Å². The normalized spacial score (nSPS) is 32.7. The number of rotatable bonds is 4. The molecule has 2 bridgehead atoms. The summed E-state index contributed by atoms with van der Waals surface area (Å²) in [6.45, 7) is 1.58. The quantitative estimate of drug-likeness (QED) is 0.410. The molecule has 2 fully saturated rings. The predicted molar refractivity (Wildman–Crippen MR) is 85.8 cm³/mol. The van der Waals surface area contributed by atoms with Crippen LogP contribution in [0.15, 0.2) is 11.1 Å². The molecule has 1 aliphatic carbocycles. The van der Waals surface area contributed by atoms with Crippen molar-refractivity contribution in [3.05, 3.63) is 11.1 Å². The first kappa shape index (κ1) is 18.6. The molecule has 0 amide bonds. The van der Waals surface area contributed by atoms with Gasteiger partial charge in [0.15, 0.2) is 5.78 Å². The van der Waals surface area contributed by atoms with E-state index in [0.29, 0.717) is 12.8 Å². The van der Waals surface area contributed by atoms with Gasteiger partial charge < -0.3 is 18.9 Å². The van der Waals surface area contributed by atoms with Crippen LogP contribution in [0.2, 0.25) is 0 Å². The standard InChI is InChI=1S/C18H22O8/c1-4-25-16(22)18-11(19)9-10-7-5-6-8-17(10,26-18)12(14(20)23-2)13(18)15(21)24-3/h10H,4-9H2,1-3H3/t10-,17+,18-/m0/s1. The fourth-order valence-electron chi connectivity index (χ4n) is 4.49. The maximum absolute atomic E-state index is 13.0. The Kier molecular flexibility index (Phi) is 4.64. The number of Topliss-reactive ketones (excluding diaryl/α,β-unsaturated/α-hetero) is 1. The number of ether oxygens (including phenoxy) is 4. The Morgan fingerprint density at radius 2 is 1.77 bits per heavy atom. The first-order chi connectivity index (χ1) is 12.4. The van der Waals surface area contributed by atoms with E-state index in [1.54, 1.807) is 6.92 Å². The maximum Gasteiger partial charge on any atom is 0.351 e. The summed E-state index contributed by atoms with van der Waals surface area (Å²) in [4.78, 5) is 51.0. The van der Waals surface area contributed by atoms with Crippen molar-refractivity contribution in [3.63, 3.8) is 0 Å². The molecule has 3 aliphatic rings. The molecule has 8 heteroatoms. The van der Waals surface area contributed by atoms with Crippen LogP contribution in [0.3, 0.4) is 0 Å². The summed E-state index contributed by atoms with van der Waals surface area (Å²) in [7, 11) is 2.30. The van der Waals surface area contributed by atoms with Gasteiger partial charge in [0.25, 0.3) is 5.60 Å². The molecule has 1 spiro atoms. The largest absolute Gasteiger partial charge is 0.466 e. The molecule has 2 heterocycles. The molecule has 0 N–H and O–H groups in total. The Morgan fingerprint density at radius 3 is 2.38 bits per heavy atom. The van der Waals surface area contributed by atoms with Crippen molar-refractivity contribution in [2.45, 2.75) is 50.2 Å². The zero-order valence-electron chi connectivity index (χ0n) is 15.1. The number of carbonyl (C=O) groups is 4. The van der Waals surface area contributed by atoms with E-state index in [4.69, 9.17) is 18.9 Å². The molecule has 3 rings (SSSR count). The highest BCUT2D eigenvalue weighted by Gasteiger charge is 2.73. The van der Waals surface area contributed by atoms with E-state index in [9.17, 15) is 19.2 Å². The number of ketones is 1. The van der Waals surface area contributed by atoms with Gasteiger partial charge in [0.1, 0.15) is 11.2 Å². The van der Waals surface area contributed by atoms with E-state index in [2.05, 4.69) is 0 Å². The van der Waals surface area contributed by atoms with E-state index < -0.39 is 34.9 Å². The van der Waals surface area contributed by atoms with E-state index in [1.807, 2.05) is 0 Å². The first-order valence-corrected chi connectivity index (χ1v) is 8.71. The van der Waals surface area contributed by atoms with Crippen LogP contribution in [0, 0.1) is 5.92 Å². The highest BCUT2D eigenvalue weighted by atomic mass is 16.6. The summed E-state index contributed by atoms with van der Waals surface area (Å²) in [5.41, 5.74) is -3.94. The van der Waals surface area contributed by atoms with Crippen molar-refractivity contribution in [2.75, 3.05) is 20.8 Å². The average molecular weight is 366 g/mol. The van der Waals surface area contributed by atoms with Crippen LogP contribution in [0.4, 0.5) is 0 Å². The summed E-state index contributed by atoms with van der Waals surface area (Å²) in [5, 5.41) is 0.